The van der Waals surface area contributed by atoms with Gasteiger partial charge in [-0.25, -0.2) is 0 Å². The number of benzene rings is 1. The van der Waals surface area contributed by atoms with E-state index in [0.717, 1.165) is 43.4 Å². The lowest BCUT2D eigenvalue weighted by molar-refractivity contribution is -0.132. The van der Waals surface area contributed by atoms with Crippen molar-refractivity contribution in [1.29, 1.82) is 0 Å². The second-order valence-electron chi connectivity index (χ2n) is 6.15. The van der Waals surface area contributed by atoms with Gasteiger partial charge in [-0.1, -0.05) is 12.1 Å². The minimum absolute atomic E-state index is 0.242. The van der Waals surface area contributed by atoms with Crippen LogP contribution in [0.15, 0.2) is 24.3 Å². The van der Waals surface area contributed by atoms with Crippen molar-refractivity contribution in [2.45, 2.75) is 19.3 Å². The van der Waals surface area contributed by atoms with Crippen LogP contribution in [-0.2, 0) is 11.2 Å². The van der Waals surface area contributed by atoms with E-state index in [9.17, 15) is 4.79 Å². The molecule has 1 aliphatic heterocycles. The van der Waals surface area contributed by atoms with Gasteiger partial charge in [0.15, 0.2) is 0 Å². The molecular formula is C17H24N2O2. The lowest BCUT2D eigenvalue weighted by Crippen LogP contribution is -2.49. The number of nitrogens with zero attached hydrogens (tertiary/aromatic N) is 2. The molecule has 1 aromatic rings. The highest BCUT2D eigenvalue weighted by atomic mass is 16.5. The van der Waals surface area contributed by atoms with Crippen LogP contribution in [0.2, 0.25) is 0 Å². The second kappa shape index (κ2) is 6.48. The third-order valence-electron chi connectivity index (χ3n) is 4.45. The predicted molar refractivity (Wildman–Crippen MR) is 82.4 cm³/mol. The maximum atomic E-state index is 12.3. The summed E-state index contributed by atoms with van der Waals surface area (Å²) in [4.78, 5) is 16.9. The average Bonchev–Trinajstić information content (AvgIpc) is 3.33. The molecule has 0 spiro atoms. The molecule has 0 aromatic heterocycles. The quantitative estimate of drug-likeness (QED) is 0.828. The topological polar surface area (TPSA) is 32.8 Å². The Morgan fingerprint density at radius 3 is 2.38 bits per heavy atom. The fraction of sp³-hybridized carbons (Fsp3) is 0.588. The van der Waals surface area contributed by atoms with Crippen LogP contribution < -0.4 is 4.74 Å². The van der Waals surface area contributed by atoms with E-state index in [1.807, 2.05) is 29.2 Å². The van der Waals surface area contributed by atoms with Crippen molar-refractivity contribution in [3.8, 4) is 5.75 Å². The first-order valence-corrected chi connectivity index (χ1v) is 7.87. The molecule has 1 heterocycles. The molecule has 1 saturated heterocycles. The number of hydrogen-bond donors (Lipinski definition) is 0. The summed E-state index contributed by atoms with van der Waals surface area (Å²) in [6, 6.07) is 7.77. The zero-order valence-electron chi connectivity index (χ0n) is 12.8. The number of methoxy groups -OCH3 is 1. The lowest BCUT2D eigenvalue weighted by Gasteiger charge is -2.34. The van der Waals surface area contributed by atoms with Crippen LogP contribution >= 0.6 is 0 Å². The van der Waals surface area contributed by atoms with Crippen LogP contribution in [0.25, 0.3) is 0 Å². The number of hydrogen-bond acceptors (Lipinski definition) is 3. The van der Waals surface area contributed by atoms with E-state index in [0.29, 0.717) is 6.42 Å². The van der Waals surface area contributed by atoms with Gasteiger partial charge in [-0.05, 0) is 36.5 Å². The fourth-order valence-corrected chi connectivity index (χ4v) is 2.88. The summed E-state index contributed by atoms with van der Waals surface area (Å²) in [5.74, 6) is 2.01. The summed E-state index contributed by atoms with van der Waals surface area (Å²) >= 11 is 0. The van der Waals surface area contributed by atoms with Gasteiger partial charge in [-0.2, -0.15) is 0 Å². The van der Waals surface area contributed by atoms with Gasteiger partial charge in [0.2, 0.25) is 5.91 Å². The Morgan fingerprint density at radius 1 is 1.14 bits per heavy atom. The minimum atomic E-state index is 0.242. The maximum Gasteiger partial charge on any atom is 0.227 e. The average molecular weight is 288 g/mol. The van der Waals surface area contributed by atoms with Crippen molar-refractivity contribution in [3.05, 3.63) is 29.8 Å². The first kappa shape index (κ1) is 14.4. The molecule has 1 aliphatic carbocycles. The summed E-state index contributed by atoms with van der Waals surface area (Å²) in [6.45, 7) is 5.06. The molecule has 0 atom stereocenters. The van der Waals surface area contributed by atoms with Gasteiger partial charge in [0.05, 0.1) is 13.5 Å². The van der Waals surface area contributed by atoms with Crippen LogP contribution in [0, 0.1) is 5.92 Å². The van der Waals surface area contributed by atoms with E-state index in [-0.39, 0.29) is 5.91 Å². The molecular weight excluding hydrogens is 264 g/mol. The molecule has 2 fully saturated rings. The first-order valence-electron chi connectivity index (χ1n) is 7.87. The molecule has 0 bridgehead atoms. The fourth-order valence-electron chi connectivity index (χ4n) is 2.88. The van der Waals surface area contributed by atoms with Crippen molar-refractivity contribution >= 4 is 5.91 Å². The molecule has 2 aliphatic rings. The summed E-state index contributed by atoms with van der Waals surface area (Å²) in [6.07, 6.45) is 3.29. The zero-order valence-corrected chi connectivity index (χ0v) is 12.8. The molecule has 3 rings (SSSR count). The number of piperazine rings is 1. The smallest absolute Gasteiger partial charge is 0.227 e. The predicted octanol–water partition coefficient (Wildman–Crippen LogP) is 1.79. The van der Waals surface area contributed by atoms with Crippen molar-refractivity contribution in [3.63, 3.8) is 0 Å². The standard InChI is InChI=1S/C17H24N2O2/c1-21-16-6-4-14(5-7-16)12-17(20)19-10-8-18(9-11-19)13-15-2-3-15/h4-7,15H,2-3,8-13H2,1H3. The van der Waals surface area contributed by atoms with Crippen LogP contribution in [0.4, 0.5) is 0 Å². The zero-order chi connectivity index (χ0) is 14.7. The van der Waals surface area contributed by atoms with Gasteiger partial charge in [-0.3, -0.25) is 9.69 Å². The van der Waals surface area contributed by atoms with Gasteiger partial charge < -0.3 is 9.64 Å². The molecule has 1 amide bonds. The van der Waals surface area contributed by atoms with Gasteiger partial charge >= 0.3 is 0 Å². The molecule has 0 N–H and O–H groups in total. The lowest BCUT2D eigenvalue weighted by atomic mass is 10.1. The Labute approximate surface area is 126 Å². The molecule has 114 valence electrons. The Hall–Kier alpha value is -1.55. The van der Waals surface area contributed by atoms with E-state index in [2.05, 4.69) is 4.90 Å². The van der Waals surface area contributed by atoms with Crippen LogP contribution in [0.3, 0.4) is 0 Å². The number of amides is 1. The molecule has 21 heavy (non-hydrogen) atoms. The Kier molecular flexibility index (Phi) is 4.44. The van der Waals surface area contributed by atoms with Crippen LogP contribution in [0.5, 0.6) is 5.75 Å². The van der Waals surface area contributed by atoms with E-state index >= 15 is 0 Å². The molecule has 0 unspecified atom stereocenters. The van der Waals surface area contributed by atoms with E-state index in [1.54, 1.807) is 7.11 Å². The SMILES string of the molecule is COc1ccc(CC(=O)N2CCN(CC3CC3)CC2)cc1. The largest absolute Gasteiger partial charge is 0.497 e. The summed E-state index contributed by atoms with van der Waals surface area (Å²) < 4.78 is 5.14. The molecule has 4 heteroatoms. The van der Waals surface area contributed by atoms with Gasteiger partial charge in [0.1, 0.15) is 5.75 Å². The monoisotopic (exact) mass is 288 g/mol. The van der Waals surface area contributed by atoms with Crippen molar-refractivity contribution in [2.24, 2.45) is 5.92 Å². The normalized spacial score (nSPS) is 19.6. The molecule has 1 aromatic carbocycles. The van der Waals surface area contributed by atoms with Gasteiger partial charge in [0.25, 0.3) is 0 Å². The molecule has 0 radical (unpaired) electrons. The minimum Gasteiger partial charge on any atom is -0.497 e. The summed E-state index contributed by atoms with van der Waals surface area (Å²) in [5.41, 5.74) is 1.06. The molecule has 4 nitrogen and oxygen atoms in total. The Morgan fingerprint density at radius 2 is 1.81 bits per heavy atom. The van der Waals surface area contributed by atoms with Crippen molar-refractivity contribution < 1.29 is 9.53 Å². The van der Waals surface area contributed by atoms with E-state index in [1.165, 1.54) is 19.4 Å². The second-order valence-corrected chi connectivity index (χ2v) is 6.15. The number of ether oxygens (including phenoxy) is 1. The van der Waals surface area contributed by atoms with Crippen molar-refractivity contribution in [2.75, 3.05) is 39.8 Å². The number of carbonyl (C=O) groups excluding carboxylic acids is 1. The first-order chi connectivity index (χ1) is 10.2. The maximum absolute atomic E-state index is 12.3. The third-order valence-corrected chi connectivity index (χ3v) is 4.45. The van der Waals surface area contributed by atoms with E-state index in [4.69, 9.17) is 4.74 Å². The van der Waals surface area contributed by atoms with Gasteiger partial charge in [-0.15, -0.1) is 0 Å². The van der Waals surface area contributed by atoms with E-state index < -0.39 is 0 Å². The highest BCUT2D eigenvalue weighted by Crippen LogP contribution is 2.29. The highest BCUT2D eigenvalue weighted by molar-refractivity contribution is 5.78. The Balaban J connectivity index is 1.46. The van der Waals surface area contributed by atoms with Crippen LogP contribution in [-0.4, -0.2) is 55.5 Å². The summed E-state index contributed by atoms with van der Waals surface area (Å²) in [5, 5.41) is 0. The highest BCUT2D eigenvalue weighted by Gasteiger charge is 2.27. The molecule has 1 saturated carbocycles. The van der Waals surface area contributed by atoms with Crippen LogP contribution in [0.1, 0.15) is 18.4 Å². The Bertz CT molecular complexity index is 474. The third kappa shape index (κ3) is 3.97. The number of carbonyl (C=O) groups is 1. The van der Waals surface area contributed by atoms with Gasteiger partial charge in [0, 0.05) is 32.7 Å². The summed E-state index contributed by atoms with van der Waals surface area (Å²) in [7, 11) is 1.65. The number of rotatable bonds is 5. The van der Waals surface area contributed by atoms with Crippen molar-refractivity contribution in [1.82, 2.24) is 9.80 Å².